The van der Waals surface area contributed by atoms with Crippen LogP contribution in [0.1, 0.15) is 24.5 Å². The standard InChI is InChI=1S/C21H27N2O9P/c1-14(24)22-9-8-16(10-15-4-6-18(7-5-15)32-33(27,28)29)11-17-12-20(30-2)21(31-3)13-19(17)23(25)26/h4-7,12-13,16H,8-11H2,1-3H3,(H,22,24)(H2,27,28,29)/p-2. The van der Waals surface area contributed by atoms with Gasteiger partial charge in [0.15, 0.2) is 11.5 Å². The van der Waals surface area contributed by atoms with Crippen LogP contribution in [-0.4, -0.2) is 31.6 Å². The van der Waals surface area contributed by atoms with E-state index >= 15 is 0 Å². The fourth-order valence-electron chi connectivity index (χ4n) is 3.43. The molecule has 0 spiro atoms. The molecule has 11 nitrogen and oxygen atoms in total. The van der Waals surface area contributed by atoms with Gasteiger partial charge in [-0.15, -0.1) is 0 Å². The number of benzene rings is 2. The Morgan fingerprint density at radius 2 is 1.70 bits per heavy atom. The first-order valence-electron chi connectivity index (χ1n) is 9.96. The molecule has 1 amide bonds. The van der Waals surface area contributed by atoms with Crippen molar-refractivity contribution < 1.29 is 38.1 Å². The highest BCUT2D eigenvalue weighted by Crippen LogP contribution is 2.36. The molecule has 2 aromatic carbocycles. The SMILES string of the molecule is COc1cc(CC(CCNC(C)=O)Cc2ccc(OP(=O)([O-])[O-])cc2)c([N+](=O)[O-])cc1OC. The van der Waals surface area contributed by atoms with Gasteiger partial charge in [-0.1, -0.05) is 12.1 Å². The molecule has 0 aliphatic heterocycles. The van der Waals surface area contributed by atoms with Crippen LogP contribution in [0.25, 0.3) is 0 Å². The third-order valence-corrected chi connectivity index (χ3v) is 5.32. The van der Waals surface area contributed by atoms with Gasteiger partial charge in [0, 0.05) is 19.0 Å². The molecule has 2 aromatic rings. The Morgan fingerprint density at radius 1 is 1.09 bits per heavy atom. The summed E-state index contributed by atoms with van der Waals surface area (Å²) >= 11 is 0. The van der Waals surface area contributed by atoms with Crippen molar-refractivity contribution >= 4 is 19.4 Å². The number of nitrogens with one attached hydrogen (secondary N) is 1. The van der Waals surface area contributed by atoms with Crippen LogP contribution < -0.4 is 29.1 Å². The average molecular weight is 480 g/mol. The van der Waals surface area contributed by atoms with Crippen molar-refractivity contribution in [2.24, 2.45) is 5.92 Å². The lowest BCUT2D eigenvalue weighted by Gasteiger charge is -2.29. The maximum atomic E-state index is 11.6. The normalized spacial score (nSPS) is 12.0. The molecule has 180 valence electrons. The quantitative estimate of drug-likeness (QED) is 0.271. The summed E-state index contributed by atoms with van der Waals surface area (Å²) < 4.78 is 25.6. The van der Waals surface area contributed by atoms with E-state index in [0.717, 1.165) is 5.56 Å². The second-order valence-electron chi connectivity index (χ2n) is 7.32. The van der Waals surface area contributed by atoms with Crippen molar-refractivity contribution in [3.05, 3.63) is 57.6 Å². The van der Waals surface area contributed by atoms with E-state index in [4.69, 9.17) is 9.47 Å². The summed E-state index contributed by atoms with van der Waals surface area (Å²) in [6.45, 7) is 1.77. The Morgan fingerprint density at radius 3 is 2.21 bits per heavy atom. The minimum absolute atomic E-state index is 0.0996. The summed E-state index contributed by atoms with van der Waals surface area (Å²) in [6, 6.07) is 8.83. The predicted molar refractivity (Wildman–Crippen MR) is 115 cm³/mol. The highest BCUT2D eigenvalue weighted by molar-refractivity contribution is 7.43. The molecule has 0 aliphatic carbocycles. The lowest BCUT2D eigenvalue weighted by atomic mass is 9.89. The van der Waals surface area contributed by atoms with E-state index in [1.165, 1.54) is 39.3 Å². The fraction of sp³-hybridized carbons (Fsp3) is 0.381. The molecule has 1 unspecified atom stereocenters. The van der Waals surface area contributed by atoms with Gasteiger partial charge < -0.3 is 33.7 Å². The van der Waals surface area contributed by atoms with Crippen LogP contribution in [-0.2, 0) is 22.2 Å². The number of ether oxygens (including phenoxy) is 2. The zero-order chi connectivity index (χ0) is 24.6. The lowest BCUT2D eigenvalue weighted by molar-refractivity contribution is -0.385. The highest BCUT2D eigenvalue weighted by Gasteiger charge is 2.23. The number of methoxy groups -OCH3 is 2. The first kappa shape index (κ1) is 26.1. The lowest BCUT2D eigenvalue weighted by Crippen LogP contribution is -2.24. The van der Waals surface area contributed by atoms with Gasteiger partial charge in [0.2, 0.25) is 5.91 Å². The first-order chi connectivity index (χ1) is 15.5. The van der Waals surface area contributed by atoms with Gasteiger partial charge in [-0.3, -0.25) is 14.9 Å². The van der Waals surface area contributed by atoms with E-state index in [-0.39, 0.29) is 29.0 Å². The third-order valence-electron chi connectivity index (χ3n) is 4.88. The van der Waals surface area contributed by atoms with Crippen LogP contribution in [0.5, 0.6) is 17.2 Å². The highest BCUT2D eigenvalue weighted by atomic mass is 31.2. The number of nitrogens with zero attached hydrogens (tertiary/aromatic N) is 1. The van der Waals surface area contributed by atoms with Gasteiger partial charge in [-0.2, -0.15) is 0 Å². The Labute approximate surface area is 191 Å². The molecule has 0 bridgehead atoms. The van der Waals surface area contributed by atoms with Crippen LogP contribution in [0.3, 0.4) is 0 Å². The smallest absolute Gasteiger partial charge is 0.276 e. The maximum Gasteiger partial charge on any atom is 0.276 e. The van der Waals surface area contributed by atoms with Gasteiger partial charge in [-0.25, -0.2) is 0 Å². The van der Waals surface area contributed by atoms with Crippen molar-refractivity contribution in [2.75, 3.05) is 20.8 Å². The molecule has 0 radical (unpaired) electrons. The minimum Gasteiger partial charge on any atom is -0.780 e. The summed E-state index contributed by atoms with van der Waals surface area (Å²) in [6.07, 6.45) is 1.31. The molecule has 0 saturated heterocycles. The van der Waals surface area contributed by atoms with Gasteiger partial charge in [0.05, 0.1) is 25.2 Å². The van der Waals surface area contributed by atoms with Crippen LogP contribution >= 0.6 is 7.82 Å². The van der Waals surface area contributed by atoms with Gasteiger partial charge in [0.1, 0.15) is 13.6 Å². The largest absolute Gasteiger partial charge is 0.780 e. The summed E-state index contributed by atoms with van der Waals surface area (Å²) in [7, 11) is -2.33. The summed E-state index contributed by atoms with van der Waals surface area (Å²) in [4.78, 5) is 44.0. The van der Waals surface area contributed by atoms with Crippen molar-refractivity contribution in [3.8, 4) is 17.2 Å². The molecule has 2 rings (SSSR count). The van der Waals surface area contributed by atoms with E-state index < -0.39 is 12.7 Å². The van der Waals surface area contributed by atoms with E-state index in [0.29, 0.717) is 37.1 Å². The van der Waals surface area contributed by atoms with Crippen LogP contribution in [0.15, 0.2) is 36.4 Å². The van der Waals surface area contributed by atoms with E-state index in [1.54, 1.807) is 18.2 Å². The van der Waals surface area contributed by atoms with Gasteiger partial charge >= 0.3 is 0 Å². The van der Waals surface area contributed by atoms with Crippen LogP contribution in [0.2, 0.25) is 0 Å². The number of phosphoric acid groups is 1. The number of hydrogen-bond donors (Lipinski definition) is 1. The summed E-state index contributed by atoms with van der Waals surface area (Å²) in [5, 5.41) is 14.4. The minimum atomic E-state index is -5.16. The number of rotatable bonds is 12. The molecule has 0 saturated carbocycles. The number of phosphoric ester groups is 1. The average Bonchev–Trinajstić information content (AvgIpc) is 2.73. The van der Waals surface area contributed by atoms with E-state index in [2.05, 4.69) is 9.84 Å². The molecular weight excluding hydrogens is 455 g/mol. The fourth-order valence-corrected chi connectivity index (χ4v) is 3.81. The topological polar surface area (TPSA) is 163 Å². The molecule has 0 aromatic heterocycles. The Kier molecular flexibility index (Phi) is 9.22. The first-order valence-corrected chi connectivity index (χ1v) is 11.4. The summed E-state index contributed by atoms with van der Waals surface area (Å²) in [5.41, 5.74) is 1.14. The van der Waals surface area contributed by atoms with Crippen molar-refractivity contribution in [1.82, 2.24) is 5.32 Å². The number of carbonyl (C=O) groups is 1. The number of nitro benzene ring substituents is 1. The second kappa shape index (κ2) is 11.6. The number of amides is 1. The Bertz CT molecular complexity index is 1020. The monoisotopic (exact) mass is 480 g/mol. The zero-order valence-electron chi connectivity index (χ0n) is 18.4. The van der Waals surface area contributed by atoms with E-state index in [1.807, 2.05) is 0 Å². The Hall–Kier alpha value is -3.14. The van der Waals surface area contributed by atoms with E-state index in [9.17, 15) is 29.3 Å². The number of nitro groups is 1. The molecule has 1 N–H and O–H groups in total. The zero-order valence-corrected chi connectivity index (χ0v) is 19.3. The maximum absolute atomic E-state index is 11.6. The molecule has 0 aliphatic rings. The molecule has 1 atom stereocenters. The van der Waals surface area contributed by atoms with Crippen LogP contribution in [0.4, 0.5) is 5.69 Å². The number of carbonyl (C=O) groups excluding carboxylic acids is 1. The van der Waals surface area contributed by atoms with Crippen molar-refractivity contribution in [3.63, 3.8) is 0 Å². The van der Waals surface area contributed by atoms with Crippen LogP contribution in [0, 0.1) is 16.0 Å². The molecule has 33 heavy (non-hydrogen) atoms. The van der Waals surface area contributed by atoms with Gasteiger partial charge in [-0.05, 0) is 48.9 Å². The third kappa shape index (κ3) is 8.38. The van der Waals surface area contributed by atoms with Gasteiger partial charge in [0.25, 0.3) is 5.69 Å². The predicted octanol–water partition coefficient (Wildman–Crippen LogP) is 1.75. The Balaban J connectivity index is 2.29. The summed E-state index contributed by atoms with van der Waals surface area (Å²) in [5.74, 6) is 0.196. The molecule has 12 heteroatoms. The van der Waals surface area contributed by atoms with Crippen molar-refractivity contribution in [1.29, 1.82) is 0 Å². The second-order valence-corrected chi connectivity index (χ2v) is 8.40. The molecule has 0 fully saturated rings. The van der Waals surface area contributed by atoms with Crippen molar-refractivity contribution in [2.45, 2.75) is 26.2 Å². The molecular formula is C21H25N2O9P-2. The molecule has 0 heterocycles. The number of hydrogen-bond acceptors (Lipinski definition) is 9.